The van der Waals surface area contributed by atoms with Gasteiger partial charge < -0.3 is 4.74 Å². The lowest BCUT2D eigenvalue weighted by molar-refractivity contribution is -0.137. The summed E-state index contributed by atoms with van der Waals surface area (Å²) >= 11 is 11.4. The van der Waals surface area contributed by atoms with Crippen LogP contribution in [0.5, 0.6) is 5.75 Å². The van der Waals surface area contributed by atoms with Crippen LogP contribution in [0.2, 0.25) is 10.0 Å². The maximum absolute atomic E-state index is 14.1. The number of carbonyl (C=O) groups excluding carboxylic acids is 1. The average molecular weight is 460 g/mol. The molecule has 0 aromatic heterocycles. The lowest BCUT2D eigenvalue weighted by Crippen LogP contribution is -2.30. The number of hydrogen-bond donors (Lipinski definition) is 1. The maximum Gasteiger partial charge on any atom is 0.417 e. The van der Waals surface area contributed by atoms with Gasteiger partial charge in [-0.3, -0.25) is 4.79 Å². The van der Waals surface area contributed by atoms with Crippen LogP contribution < -0.4 is 9.46 Å². The molecular weight excluding hydrogens is 449 g/mol. The van der Waals surface area contributed by atoms with Crippen molar-refractivity contribution in [3.05, 3.63) is 62.9 Å². The molecule has 2 rings (SSSR count). The van der Waals surface area contributed by atoms with Gasteiger partial charge in [0, 0.05) is 6.07 Å². The molecule has 2 aromatic carbocycles. The van der Waals surface area contributed by atoms with Gasteiger partial charge in [0.2, 0.25) is 10.0 Å². The van der Waals surface area contributed by atoms with Crippen LogP contribution >= 0.6 is 23.2 Å². The van der Waals surface area contributed by atoms with Crippen LogP contribution in [0.15, 0.2) is 30.3 Å². The van der Waals surface area contributed by atoms with Crippen molar-refractivity contribution in [2.24, 2.45) is 0 Å². The predicted octanol–water partition coefficient (Wildman–Crippen LogP) is 4.42. The summed E-state index contributed by atoms with van der Waals surface area (Å²) in [5.41, 5.74) is -1.61. The number of alkyl halides is 3. The topological polar surface area (TPSA) is 72.5 Å². The summed E-state index contributed by atoms with van der Waals surface area (Å²) < 4.78 is 81.6. The van der Waals surface area contributed by atoms with E-state index in [-0.39, 0.29) is 16.3 Å². The van der Waals surface area contributed by atoms with Crippen molar-refractivity contribution < 1.29 is 35.5 Å². The Morgan fingerprint density at radius 2 is 1.79 bits per heavy atom. The predicted molar refractivity (Wildman–Crippen MR) is 94.5 cm³/mol. The highest BCUT2D eigenvalue weighted by molar-refractivity contribution is 7.89. The molecule has 152 valence electrons. The molecule has 0 unspecified atom stereocenters. The Kier molecular flexibility index (Phi) is 6.47. The zero-order valence-corrected chi connectivity index (χ0v) is 16.2. The van der Waals surface area contributed by atoms with Crippen molar-refractivity contribution in [3.63, 3.8) is 0 Å². The number of hydrogen-bond acceptors (Lipinski definition) is 4. The third-order valence-electron chi connectivity index (χ3n) is 3.27. The minimum absolute atomic E-state index is 0.0899. The first kappa shape index (κ1) is 22.3. The second-order valence-corrected chi connectivity index (χ2v) is 8.13. The van der Waals surface area contributed by atoms with Gasteiger partial charge >= 0.3 is 6.18 Å². The van der Waals surface area contributed by atoms with E-state index in [4.69, 9.17) is 27.9 Å². The van der Waals surface area contributed by atoms with Crippen LogP contribution in [0.3, 0.4) is 0 Å². The second kappa shape index (κ2) is 8.14. The maximum atomic E-state index is 14.1. The number of rotatable bonds is 5. The quantitative estimate of drug-likeness (QED) is 0.671. The van der Waals surface area contributed by atoms with Gasteiger partial charge in [0.05, 0.1) is 27.4 Å². The SMILES string of the molecule is CS(=O)(=O)NC(=O)c1cc(Cl)c(OCc2ccc(Cl)c(C(F)(F)F)c2)cc1F. The third kappa shape index (κ3) is 5.73. The molecule has 1 N–H and O–H groups in total. The van der Waals surface area contributed by atoms with Gasteiger partial charge in [0.15, 0.2) is 0 Å². The monoisotopic (exact) mass is 459 g/mol. The van der Waals surface area contributed by atoms with Crippen LogP contribution in [-0.2, 0) is 22.8 Å². The van der Waals surface area contributed by atoms with E-state index in [2.05, 4.69) is 0 Å². The van der Waals surface area contributed by atoms with Gasteiger partial charge in [-0.05, 0) is 23.8 Å². The number of halogens is 6. The van der Waals surface area contributed by atoms with Crippen molar-refractivity contribution in [1.82, 2.24) is 4.72 Å². The van der Waals surface area contributed by atoms with Gasteiger partial charge in [0.25, 0.3) is 5.91 Å². The Bertz CT molecular complexity index is 1030. The molecule has 0 spiro atoms. The highest BCUT2D eigenvalue weighted by Gasteiger charge is 2.33. The van der Waals surface area contributed by atoms with Crippen LogP contribution in [0.4, 0.5) is 17.6 Å². The summed E-state index contributed by atoms with van der Waals surface area (Å²) in [6.07, 6.45) is -3.95. The van der Waals surface area contributed by atoms with Crippen molar-refractivity contribution in [3.8, 4) is 5.75 Å². The number of ether oxygens (including phenoxy) is 1. The van der Waals surface area contributed by atoms with E-state index in [1.54, 1.807) is 4.72 Å². The number of nitrogens with one attached hydrogen (secondary N) is 1. The summed E-state index contributed by atoms with van der Waals surface area (Å²) in [5, 5.41) is -0.730. The second-order valence-electron chi connectivity index (χ2n) is 5.57. The highest BCUT2D eigenvalue weighted by atomic mass is 35.5. The first-order valence-electron chi connectivity index (χ1n) is 7.27. The molecule has 2 aromatic rings. The van der Waals surface area contributed by atoms with Gasteiger partial charge in [-0.15, -0.1) is 0 Å². The molecule has 0 bridgehead atoms. The Hall–Kier alpha value is -2.04. The first-order chi connectivity index (χ1) is 12.8. The molecule has 0 fully saturated rings. The van der Waals surface area contributed by atoms with Crippen LogP contribution in [0, 0.1) is 5.82 Å². The standard InChI is InChI=1S/C16H11Cl2F4NO4S/c1-28(25,26)23-15(24)9-5-12(18)14(6-13(9)19)27-7-8-2-3-11(17)10(4-8)16(20,21)22/h2-6H,7H2,1H3,(H,23,24). The van der Waals surface area contributed by atoms with Crippen molar-refractivity contribution in [2.75, 3.05) is 6.26 Å². The largest absolute Gasteiger partial charge is 0.487 e. The molecule has 0 heterocycles. The smallest absolute Gasteiger partial charge is 0.417 e. The number of carbonyl (C=O) groups is 1. The molecule has 0 saturated carbocycles. The van der Waals surface area contributed by atoms with Crippen molar-refractivity contribution >= 4 is 39.1 Å². The summed E-state index contributed by atoms with van der Waals surface area (Å²) in [6.45, 7) is -0.395. The average Bonchev–Trinajstić information content (AvgIpc) is 2.53. The van der Waals surface area contributed by atoms with E-state index in [1.807, 2.05) is 0 Å². The molecule has 12 heteroatoms. The number of amides is 1. The molecule has 0 aliphatic heterocycles. The van der Waals surface area contributed by atoms with E-state index >= 15 is 0 Å². The summed E-state index contributed by atoms with van der Waals surface area (Å²) in [6, 6.07) is 4.68. The Labute approximate surface area is 167 Å². The third-order valence-corrected chi connectivity index (χ3v) is 4.46. The summed E-state index contributed by atoms with van der Waals surface area (Å²) in [7, 11) is -3.92. The van der Waals surface area contributed by atoms with E-state index < -0.39 is 50.7 Å². The molecular formula is C16H11Cl2F4NO4S. The van der Waals surface area contributed by atoms with Gasteiger partial charge in [-0.2, -0.15) is 13.2 Å². The zero-order valence-electron chi connectivity index (χ0n) is 13.9. The van der Waals surface area contributed by atoms with Crippen molar-refractivity contribution in [2.45, 2.75) is 12.8 Å². The molecule has 28 heavy (non-hydrogen) atoms. The molecule has 0 saturated heterocycles. The van der Waals surface area contributed by atoms with Gasteiger partial charge in [-0.1, -0.05) is 29.3 Å². The minimum Gasteiger partial charge on any atom is -0.487 e. The van der Waals surface area contributed by atoms with E-state index in [9.17, 15) is 30.8 Å². The van der Waals surface area contributed by atoms with Crippen LogP contribution in [-0.4, -0.2) is 20.6 Å². The lowest BCUT2D eigenvalue weighted by Gasteiger charge is -2.13. The molecule has 0 atom stereocenters. The number of sulfonamides is 1. The minimum atomic E-state index is -4.66. The fourth-order valence-corrected chi connectivity index (χ4v) is 2.97. The first-order valence-corrected chi connectivity index (χ1v) is 9.92. The highest BCUT2D eigenvalue weighted by Crippen LogP contribution is 2.35. The Morgan fingerprint density at radius 1 is 1.14 bits per heavy atom. The lowest BCUT2D eigenvalue weighted by atomic mass is 10.1. The summed E-state index contributed by atoms with van der Waals surface area (Å²) in [4.78, 5) is 11.7. The number of benzene rings is 2. The fourth-order valence-electron chi connectivity index (χ4n) is 2.08. The molecule has 0 aliphatic carbocycles. The van der Waals surface area contributed by atoms with Gasteiger partial charge in [0.1, 0.15) is 18.2 Å². The van der Waals surface area contributed by atoms with E-state index in [0.29, 0.717) is 6.26 Å². The molecule has 0 radical (unpaired) electrons. The fraction of sp³-hybridized carbons (Fsp3) is 0.188. The Balaban J connectivity index is 2.22. The van der Waals surface area contributed by atoms with E-state index in [1.165, 1.54) is 6.07 Å². The molecule has 5 nitrogen and oxygen atoms in total. The Morgan fingerprint density at radius 3 is 2.36 bits per heavy atom. The summed E-state index contributed by atoms with van der Waals surface area (Å²) in [5.74, 6) is -2.62. The van der Waals surface area contributed by atoms with Crippen molar-refractivity contribution in [1.29, 1.82) is 0 Å². The van der Waals surface area contributed by atoms with Gasteiger partial charge in [-0.25, -0.2) is 17.5 Å². The van der Waals surface area contributed by atoms with Crippen LogP contribution in [0.1, 0.15) is 21.5 Å². The molecule has 0 aliphatic rings. The molecule has 1 amide bonds. The van der Waals surface area contributed by atoms with E-state index in [0.717, 1.165) is 24.3 Å². The van der Waals surface area contributed by atoms with Crippen LogP contribution in [0.25, 0.3) is 0 Å². The normalized spacial score (nSPS) is 12.0. The zero-order chi connectivity index (χ0) is 21.3.